The van der Waals surface area contributed by atoms with E-state index in [9.17, 15) is 19.5 Å². The zero-order valence-corrected chi connectivity index (χ0v) is 20.1. The molecule has 170 valence electrons. The largest absolute Gasteiger partial charge is 0.511 e. The van der Waals surface area contributed by atoms with Crippen molar-refractivity contribution in [2.45, 2.75) is 74.1 Å². The summed E-state index contributed by atoms with van der Waals surface area (Å²) in [6.07, 6.45) is 4.84. The lowest BCUT2D eigenvalue weighted by atomic mass is 9.34. The summed E-state index contributed by atoms with van der Waals surface area (Å²) < 4.78 is 5.34. The number of aliphatic hydroxyl groups excluding tert-OH is 1. The lowest BCUT2D eigenvalue weighted by molar-refractivity contribution is -0.205. The van der Waals surface area contributed by atoms with Crippen molar-refractivity contribution >= 4 is 17.5 Å². The van der Waals surface area contributed by atoms with Crippen molar-refractivity contribution in [3.05, 3.63) is 23.0 Å². The molecule has 0 heterocycles. The Morgan fingerprint density at radius 3 is 2.29 bits per heavy atom. The van der Waals surface area contributed by atoms with E-state index in [1.165, 1.54) is 7.11 Å². The molecule has 0 radical (unpaired) electrons. The average Bonchev–Trinajstić information content (AvgIpc) is 2.86. The molecule has 0 unspecified atom stereocenters. The fourth-order valence-electron chi connectivity index (χ4n) is 8.66. The number of hydrogen-bond acceptors (Lipinski definition) is 5. The molecule has 0 saturated heterocycles. The fourth-order valence-corrected chi connectivity index (χ4v) is 8.66. The molecule has 0 aromatic carbocycles. The predicted octanol–water partition coefficient (Wildman–Crippen LogP) is 4.95. The van der Waals surface area contributed by atoms with Crippen LogP contribution in [0.2, 0.25) is 0 Å². The van der Waals surface area contributed by atoms with Crippen LogP contribution in [0.25, 0.3) is 0 Å². The highest BCUT2D eigenvalue weighted by atomic mass is 16.5. The van der Waals surface area contributed by atoms with Gasteiger partial charge in [0.05, 0.1) is 12.5 Å². The quantitative estimate of drug-likeness (QED) is 0.363. The molecule has 6 atom stereocenters. The molecule has 2 fully saturated rings. The molecule has 4 rings (SSSR count). The van der Waals surface area contributed by atoms with Gasteiger partial charge in [-0.15, -0.1) is 0 Å². The zero-order valence-electron chi connectivity index (χ0n) is 20.1. The molecule has 5 nitrogen and oxygen atoms in total. The highest BCUT2D eigenvalue weighted by molar-refractivity contribution is 6.17. The van der Waals surface area contributed by atoms with E-state index in [4.69, 9.17) is 4.74 Å². The molecule has 2 saturated carbocycles. The second-order valence-corrected chi connectivity index (χ2v) is 11.7. The molecule has 0 amide bonds. The van der Waals surface area contributed by atoms with Crippen molar-refractivity contribution in [3.8, 4) is 0 Å². The highest BCUT2D eigenvalue weighted by Gasteiger charge is 2.80. The molecule has 0 spiro atoms. The van der Waals surface area contributed by atoms with Gasteiger partial charge in [0, 0.05) is 17.4 Å². The van der Waals surface area contributed by atoms with Gasteiger partial charge in [-0.2, -0.15) is 0 Å². The average molecular weight is 429 g/mol. The van der Waals surface area contributed by atoms with Crippen LogP contribution in [0.5, 0.6) is 0 Å². The summed E-state index contributed by atoms with van der Waals surface area (Å²) in [5.41, 5.74) is -2.96. The Kier molecular flexibility index (Phi) is 4.39. The Morgan fingerprint density at radius 1 is 1.10 bits per heavy atom. The summed E-state index contributed by atoms with van der Waals surface area (Å²) >= 11 is 0. The van der Waals surface area contributed by atoms with E-state index in [1.807, 2.05) is 20.8 Å². The Bertz CT molecular complexity index is 970. The van der Waals surface area contributed by atoms with Gasteiger partial charge in [-0.1, -0.05) is 39.3 Å². The molecule has 0 aromatic heterocycles. The number of ether oxygens (including phenoxy) is 1. The number of ketones is 2. The van der Waals surface area contributed by atoms with Crippen LogP contribution >= 0.6 is 0 Å². The van der Waals surface area contributed by atoms with Gasteiger partial charge in [-0.3, -0.25) is 14.4 Å². The first-order valence-corrected chi connectivity index (χ1v) is 11.4. The number of esters is 1. The number of carbonyl (C=O) groups is 3. The first-order valence-electron chi connectivity index (χ1n) is 11.4. The van der Waals surface area contributed by atoms with Gasteiger partial charge in [0.2, 0.25) is 0 Å². The van der Waals surface area contributed by atoms with Crippen LogP contribution < -0.4 is 0 Å². The van der Waals surface area contributed by atoms with Crippen LogP contribution in [0.4, 0.5) is 0 Å². The van der Waals surface area contributed by atoms with Crippen LogP contribution in [-0.2, 0) is 19.1 Å². The van der Waals surface area contributed by atoms with E-state index >= 15 is 0 Å². The van der Waals surface area contributed by atoms with Crippen molar-refractivity contribution in [1.82, 2.24) is 0 Å². The summed E-state index contributed by atoms with van der Waals surface area (Å²) in [4.78, 5) is 40.4. The van der Waals surface area contributed by atoms with Crippen molar-refractivity contribution in [1.29, 1.82) is 0 Å². The van der Waals surface area contributed by atoms with E-state index in [0.29, 0.717) is 18.6 Å². The van der Waals surface area contributed by atoms with Crippen molar-refractivity contribution in [2.75, 3.05) is 7.11 Å². The first kappa shape index (κ1) is 22.3. The van der Waals surface area contributed by atoms with Crippen LogP contribution in [0.15, 0.2) is 23.0 Å². The summed E-state index contributed by atoms with van der Waals surface area (Å²) in [6, 6.07) is 0. The Labute approximate surface area is 185 Å². The third kappa shape index (κ3) is 2.07. The number of carbonyl (C=O) groups excluding carboxylic acids is 3. The maximum atomic E-state index is 13.9. The SMILES string of the molecule is COC(=O)[C@@]12C(=O)C(C)=C(O)[C@@]1(C)C(C)=C[C@@H]1[C@@]3(C)CCC(=O)C(C)(C)[C@@H]3CC[C@]12C. The summed E-state index contributed by atoms with van der Waals surface area (Å²) in [6.45, 7) is 13.8. The van der Waals surface area contributed by atoms with Gasteiger partial charge in [0.25, 0.3) is 0 Å². The number of hydrogen-bond donors (Lipinski definition) is 1. The number of allylic oxidation sites excluding steroid dienone is 3. The molecule has 5 heteroatoms. The van der Waals surface area contributed by atoms with Gasteiger partial charge >= 0.3 is 5.97 Å². The molecule has 0 bridgehead atoms. The number of methoxy groups -OCH3 is 1. The Hall–Kier alpha value is -1.91. The van der Waals surface area contributed by atoms with Crippen LogP contribution in [0.1, 0.15) is 74.1 Å². The van der Waals surface area contributed by atoms with Crippen LogP contribution in [-0.4, -0.2) is 29.8 Å². The Balaban J connectivity index is 2.04. The normalized spacial score (nSPS) is 46.1. The monoisotopic (exact) mass is 428 g/mol. The minimum atomic E-state index is -1.51. The van der Waals surface area contributed by atoms with Gasteiger partial charge < -0.3 is 9.84 Å². The van der Waals surface area contributed by atoms with E-state index in [0.717, 1.165) is 18.4 Å². The molecule has 1 N–H and O–H groups in total. The number of rotatable bonds is 1. The highest BCUT2D eigenvalue weighted by Crippen LogP contribution is 2.76. The molecular weight excluding hydrogens is 392 g/mol. The van der Waals surface area contributed by atoms with Crippen molar-refractivity contribution in [3.63, 3.8) is 0 Å². The van der Waals surface area contributed by atoms with E-state index in [-0.39, 0.29) is 34.4 Å². The molecular formula is C26H36O5. The summed E-state index contributed by atoms with van der Waals surface area (Å²) in [5, 5.41) is 11.2. The lowest BCUT2D eigenvalue weighted by Crippen LogP contribution is -2.69. The fraction of sp³-hybridized carbons (Fsp3) is 0.731. The van der Waals surface area contributed by atoms with Crippen molar-refractivity contribution < 1.29 is 24.2 Å². The molecule has 31 heavy (non-hydrogen) atoms. The molecule has 4 aliphatic rings. The predicted molar refractivity (Wildman–Crippen MR) is 117 cm³/mol. The van der Waals surface area contributed by atoms with E-state index < -0.39 is 27.6 Å². The van der Waals surface area contributed by atoms with Gasteiger partial charge in [-0.25, -0.2) is 0 Å². The van der Waals surface area contributed by atoms with Gasteiger partial charge in [-0.05, 0) is 62.7 Å². The number of fused-ring (bicyclic) bond motifs is 5. The standard InChI is InChI=1S/C26H36O5/c1-14-13-17-23(5)11-10-18(27)22(3,4)16(23)9-12-24(17,6)26(21(30)31-8)20(29)15(2)19(28)25(14,26)7/h13,16-17,28H,9-12H2,1-8H3/t16-,17+,23-,24+,25+,26+/m0/s1. The lowest BCUT2D eigenvalue weighted by Gasteiger charge is -2.68. The van der Waals surface area contributed by atoms with E-state index in [2.05, 4.69) is 26.8 Å². The molecule has 0 aliphatic heterocycles. The van der Waals surface area contributed by atoms with Gasteiger partial charge in [0.1, 0.15) is 11.5 Å². The maximum Gasteiger partial charge on any atom is 0.321 e. The summed E-state index contributed by atoms with van der Waals surface area (Å²) in [7, 11) is 1.33. The minimum Gasteiger partial charge on any atom is -0.511 e. The molecule has 4 aliphatic carbocycles. The summed E-state index contributed by atoms with van der Waals surface area (Å²) in [5.74, 6) is -0.496. The zero-order chi connectivity index (χ0) is 23.4. The third-order valence-electron chi connectivity index (χ3n) is 10.4. The van der Waals surface area contributed by atoms with Crippen molar-refractivity contribution in [2.24, 2.45) is 38.9 Å². The maximum absolute atomic E-state index is 13.9. The Morgan fingerprint density at radius 2 is 1.71 bits per heavy atom. The van der Waals surface area contributed by atoms with Crippen LogP contribution in [0, 0.1) is 38.9 Å². The topological polar surface area (TPSA) is 80.7 Å². The van der Waals surface area contributed by atoms with E-state index in [1.54, 1.807) is 6.92 Å². The number of aliphatic hydroxyl groups is 1. The van der Waals surface area contributed by atoms with Crippen LogP contribution in [0.3, 0.4) is 0 Å². The number of Topliss-reactive ketones (excluding diaryl/α,β-unsaturated/α-hetero) is 2. The molecule has 0 aromatic rings. The smallest absolute Gasteiger partial charge is 0.321 e. The second kappa shape index (κ2) is 6.11. The minimum absolute atomic E-state index is 0.0113. The second-order valence-electron chi connectivity index (χ2n) is 11.7. The van der Waals surface area contributed by atoms with Gasteiger partial charge in [0.15, 0.2) is 11.2 Å². The third-order valence-corrected chi connectivity index (χ3v) is 10.4. The first-order chi connectivity index (χ1) is 14.2.